The number of rotatable bonds is 2. The molecule has 112 valence electrons. The normalized spacial score (nSPS) is 15.4. The summed E-state index contributed by atoms with van der Waals surface area (Å²) < 4.78 is 5.97. The molecule has 0 spiro atoms. The average molecular weight is 293 g/mol. The fraction of sp³-hybridized carbons (Fsp3) is 0.278. The fourth-order valence-electron chi connectivity index (χ4n) is 2.91. The van der Waals surface area contributed by atoms with E-state index in [-0.39, 0.29) is 0 Å². The van der Waals surface area contributed by atoms with E-state index in [2.05, 4.69) is 47.5 Å². The van der Waals surface area contributed by atoms with Crippen molar-refractivity contribution in [1.82, 2.24) is 10.3 Å². The Morgan fingerprint density at radius 3 is 2.59 bits per heavy atom. The Labute approximate surface area is 129 Å². The first-order valence-corrected chi connectivity index (χ1v) is 7.73. The smallest absolute Gasteiger partial charge is 0.227 e. The van der Waals surface area contributed by atoms with Gasteiger partial charge in [0.05, 0.1) is 5.69 Å². The van der Waals surface area contributed by atoms with E-state index in [1.807, 2.05) is 12.1 Å². The van der Waals surface area contributed by atoms with Gasteiger partial charge < -0.3 is 14.6 Å². The Morgan fingerprint density at radius 2 is 1.82 bits per heavy atom. The standard InChI is InChI=1S/C18H19N3O/c1-13-5-7-14(8-6-13)18-20-17-15(3-2-4-16(17)22-18)21-11-9-19-10-12-21/h2-8,19H,9-12H2,1H3. The lowest BCUT2D eigenvalue weighted by atomic mass is 10.1. The van der Waals surface area contributed by atoms with Crippen molar-refractivity contribution >= 4 is 16.8 Å². The van der Waals surface area contributed by atoms with Gasteiger partial charge in [0, 0.05) is 31.7 Å². The van der Waals surface area contributed by atoms with Gasteiger partial charge in [0.2, 0.25) is 5.89 Å². The third kappa shape index (κ3) is 2.35. The molecule has 1 aliphatic heterocycles. The maximum absolute atomic E-state index is 5.97. The number of hydrogen-bond donors (Lipinski definition) is 1. The van der Waals surface area contributed by atoms with Crippen molar-refractivity contribution in [3.8, 4) is 11.5 Å². The van der Waals surface area contributed by atoms with Crippen LogP contribution in [0.4, 0.5) is 5.69 Å². The SMILES string of the molecule is Cc1ccc(-c2nc3c(N4CCNCC4)cccc3o2)cc1. The number of nitrogens with zero attached hydrogens (tertiary/aromatic N) is 2. The second-order valence-electron chi connectivity index (χ2n) is 5.75. The van der Waals surface area contributed by atoms with Gasteiger partial charge in [-0.3, -0.25) is 0 Å². The molecule has 0 aliphatic carbocycles. The van der Waals surface area contributed by atoms with Gasteiger partial charge in [-0.05, 0) is 31.2 Å². The minimum absolute atomic E-state index is 0.692. The summed E-state index contributed by atoms with van der Waals surface area (Å²) in [7, 11) is 0. The predicted octanol–water partition coefficient (Wildman–Crippen LogP) is 3.21. The molecule has 0 atom stereocenters. The Hall–Kier alpha value is -2.33. The molecule has 0 unspecified atom stereocenters. The van der Waals surface area contributed by atoms with Crippen molar-refractivity contribution in [2.24, 2.45) is 0 Å². The predicted molar refractivity (Wildman–Crippen MR) is 89.3 cm³/mol. The lowest BCUT2D eigenvalue weighted by molar-refractivity contribution is 0.590. The number of benzene rings is 2. The maximum Gasteiger partial charge on any atom is 0.227 e. The van der Waals surface area contributed by atoms with Gasteiger partial charge in [0.15, 0.2) is 5.58 Å². The molecule has 3 aromatic rings. The third-order valence-electron chi connectivity index (χ3n) is 4.15. The summed E-state index contributed by atoms with van der Waals surface area (Å²) in [5.41, 5.74) is 5.24. The molecule has 4 heteroatoms. The number of aromatic nitrogens is 1. The summed E-state index contributed by atoms with van der Waals surface area (Å²) in [4.78, 5) is 7.13. The molecule has 1 saturated heterocycles. The van der Waals surface area contributed by atoms with Crippen LogP contribution in [0.5, 0.6) is 0 Å². The summed E-state index contributed by atoms with van der Waals surface area (Å²) in [5, 5.41) is 3.38. The van der Waals surface area contributed by atoms with Crippen molar-refractivity contribution in [2.45, 2.75) is 6.92 Å². The number of hydrogen-bond acceptors (Lipinski definition) is 4. The zero-order chi connectivity index (χ0) is 14.9. The van der Waals surface area contributed by atoms with Crippen LogP contribution in [0.1, 0.15) is 5.56 Å². The minimum Gasteiger partial charge on any atom is -0.436 e. The molecule has 0 radical (unpaired) electrons. The Morgan fingerprint density at radius 1 is 1.05 bits per heavy atom. The van der Waals surface area contributed by atoms with Crippen LogP contribution >= 0.6 is 0 Å². The Balaban J connectivity index is 1.78. The first kappa shape index (κ1) is 13.3. The van der Waals surface area contributed by atoms with Crippen LogP contribution in [0.3, 0.4) is 0 Å². The van der Waals surface area contributed by atoms with Crippen molar-refractivity contribution in [3.05, 3.63) is 48.0 Å². The number of anilines is 1. The molecular weight excluding hydrogens is 274 g/mol. The minimum atomic E-state index is 0.692. The zero-order valence-electron chi connectivity index (χ0n) is 12.7. The van der Waals surface area contributed by atoms with Crippen LogP contribution in [0.25, 0.3) is 22.6 Å². The van der Waals surface area contributed by atoms with Gasteiger partial charge >= 0.3 is 0 Å². The fourth-order valence-corrected chi connectivity index (χ4v) is 2.91. The van der Waals surface area contributed by atoms with Crippen LogP contribution in [0, 0.1) is 6.92 Å². The monoisotopic (exact) mass is 293 g/mol. The molecule has 0 amide bonds. The van der Waals surface area contributed by atoms with E-state index in [4.69, 9.17) is 9.40 Å². The summed E-state index contributed by atoms with van der Waals surface area (Å²) in [6, 6.07) is 14.5. The van der Waals surface area contributed by atoms with E-state index < -0.39 is 0 Å². The molecule has 2 heterocycles. The van der Waals surface area contributed by atoms with E-state index in [1.165, 1.54) is 11.3 Å². The van der Waals surface area contributed by atoms with E-state index in [0.29, 0.717) is 5.89 Å². The van der Waals surface area contributed by atoms with E-state index in [0.717, 1.165) is 42.8 Å². The van der Waals surface area contributed by atoms with Crippen LogP contribution in [-0.4, -0.2) is 31.2 Å². The summed E-state index contributed by atoms with van der Waals surface area (Å²) >= 11 is 0. The van der Waals surface area contributed by atoms with Crippen LogP contribution in [0.15, 0.2) is 46.9 Å². The molecule has 1 aromatic heterocycles. The van der Waals surface area contributed by atoms with Crippen molar-refractivity contribution in [1.29, 1.82) is 0 Å². The highest BCUT2D eigenvalue weighted by molar-refractivity contribution is 5.89. The van der Waals surface area contributed by atoms with Gasteiger partial charge in [-0.25, -0.2) is 4.98 Å². The summed E-state index contributed by atoms with van der Waals surface area (Å²) in [6.07, 6.45) is 0. The van der Waals surface area contributed by atoms with E-state index in [1.54, 1.807) is 0 Å². The van der Waals surface area contributed by atoms with Gasteiger partial charge in [0.1, 0.15) is 5.52 Å². The van der Waals surface area contributed by atoms with Gasteiger partial charge in [-0.1, -0.05) is 23.8 Å². The van der Waals surface area contributed by atoms with E-state index >= 15 is 0 Å². The highest BCUT2D eigenvalue weighted by Crippen LogP contribution is 2.31. The summed E-state index contributed by atoms with van der Waals surface area (Å²) in [6.45, 7) is 6.12. The van der Waals surface area contributed by atoms with Crippen molar-refractivity contribution in [2.75, 3.05) is 31.1 Å². The molecule has 4 rings (SSSR count). The Kier molecular flexibility index (Phi) is 3.31. The van der Waals surface area contributed by atoms with Crippen LogP contribution in [0.2, 0.25) is 0 Å². The zero-order valence-corrected chi connectivity index (χ0v) is 12.7. The molecule has 1 aliphatic rings. The number of oxazole rings is 1. The number of nitrogens with one attached hydrogen (secondary N) is 1. The van der Waals surface area contributed by atoms with E-state index in [9.17, 15) is 0 Å². The number of para-hydroxylation sites is 1. The molecule has 2 aromatic carbocycles. The molecule has 0 bridgehead atoms. The number of piperazine rings is 1. The first-order valence-electron chi connectivity index (χ1n) is 7.73. The second-order valence-corrected chi connectivity index (χ2v) is 5.75. The third-order valence-corrected chi connectivity index (χ3v) is 4.15. The highest BCUT2D eigenvalue weighted by Gasteiger charge is 2.17. The number of aryl methyl sites for hydroxylation is 1. The maximum atomic E-state index is 5.97. The molecular formula is C18H19N3O. The molecule has 22 heavy (non-hydrogen) atoms. The molecule has 1 N–H and O–H groups in total. The molecule has 4 nitrogen and oxygen atoms in total. The largest absolute Gasteiger partial charge is 0.436 e. The highest BCUT2D eigenvalue weighted by atomic mass is 16.3. The average Bonchev–Trinajstić information content (AvgIpc) is 3.00. The van der Waals surface area contributed by atoms with Crippen molar-refractivity contribution < 1.29 is 4.42 Å². The Bertz CT molecular complexity index is 786. The van der Waals surface area contributed by atoms with Crippen LogP contribution in [-0.2, 0) is 0 Å². The second kappa shape index (κ2) is 5.46. The summed E-state index contributed by atoms with van der Waals surface area (Å²) in [5.74, 6) is 0.692. The first-order chi connectivity index (χ1) is 10.8. The topological polar surface area (TPSA) is 41.3 Å². The number of fused-ring (bicyclic) bond motifs is 1. The quantitative estimate of drug-likeness (QED) is 0.787. The lowest BCUT2D eigenvalue weighted by Gasteiger charge is -2.29. The van der Waals surface area contributed by atoms with Gasteiger partial charge in [0.25, 0.3) is 0 Å². The van der Waals surface area contributed by atoms with Crippen LogP contribution < -0.4 is 10.2 Å². The molecule has 0 saturated carbocycles. The molecule has 1 fully saturated rings. The van der Waals surface area contributed by atoms with Crippen molar-refractivity contribution in [3.63, 3.8) is 0 Å². The van der Waals surface area contributed by atoms with Gasteiger partial charge in [-0.2, -0.15) is 0 Å². The van der Waals surface area contributed by atoms with Gasteiger partial charge in [-0.15, -0.1) is 0 Å². The lowest BCUT2D eigenvalue weighted by Crippen LogP contribution is -2.43.